The van der Waals surface area contributed by atoms with Gasteiger partial charge in [-0.15, -0.1) is 0 Å². The molecule has 28 heavy (non-hydrogen) atoms. The zero-order chi connectivity index (χ0) is 19.5. The lowest BCUT2D eigenvalue weighted by atomic mass is 9.98. The lowest BCUT2D eigenvalue weighted by Crippen LogP contribution is -2.43. The summed E-state index contributed by atoms with van der Waals surface area (Å²) < 4.78 is 5.84. The van der Waals surface area contributed by atoms with Gasteiger partial charge in [0.15, 0.2) is 6.10 Å². The monoisotopic (exact) mass is 380 g/mol. The Bertz CT molecular complexity index is 831. The van der Waals surface area contributed by atoms with Crippen molar-refractivity contribution in [3.63, 3.8) is 0 Å². The Morgan fingerprint density at radius 1 is 1.32 bits per heavy atom. The van der Waals surface area contributed by atoms with Crippen LogP contribution in [0, 0.1) is 6.92 Å². The first-order valence-electron chi connectivity index (χ1n) is 10.2. The number of ether oxygens (including phenoxy) is 1. The highest BCUT2D eigenvalue weighted by Crippen LogP contribution is 2.24. The van der Waals surface area contributed by atoms with Crippen LogP contribution in [-0.4, -0.2) is 46.5 Å². The Morgan fingerprint density at radius 3 is 2.89 bits per heavy atom. The third-order valence-electron chi connectivity index (χ3n) is 5.61. The van der Waals surface area contributed by atoms with Crippen LogP contribution in [0.2, 0.25) is 0 Å². The average Bonchev–Trinajstić information content (AvgIpc) is 2.74. The van der Waals surface area contributed by atoms with E-state index >= 15 is 0 Å². The van der Waals surface area contributed by atoms with Gasteiger partial charge in [0.05, 0.1) is 5.69 Å². The molecule has 0 spiro atoms. The SMILES string of the molecule is Cc1ccc(O[C@H](C)C(=O)N2CCc3nc([C@@H]4CCCNC4)ncc3C2)cc1. The molecule has 2 aromatic rings. The number of rotatable bonds is 4. The van der Waals surface area contributed by atoms with Gasteiger partial charge in [-0.2, -0.15) is 0 Å². The number of hydrogen-bond acceptors (Lipinski definition) is 5. The van der Waals surface area contributed by atoms with Gasteiger partial charge in [0.1, 0.15) is 11.6 Å². The number of nitrogens with zero attached hydrogens (tertiary/aromatic N) is 3. The van der Waals surface area contributed by atoms with Crippen molar-refractivity contribution in [3.05, 3.63) is 53.1 Å². The fraction of sp³-hybridized carbons (Fsp3) is 0.500. The van der Waals surface area contributed by atoms with Gasteiger partial charge < -0.3 is 15.0 Å². The zero-order valence-electron chi connectivity index (χ0n) is 16.6. The predicted molar refractivity (Wildman–Crippen MR) is 107 cm³/mol. The van der Waals surface area contributed by atoms with Gasteiger partial charge in [0, 0.05) is 43.7 Å². The minimum atomic E-state index is -0.516. The van der Waals surface area contributed by atoms with Crippen molar-refractivity contribution in [2.45, 2.75) is 51.7 Å². The molecule has 148 valence electrons. The molecule has 1 aromatic heterocycles. The lowest BCUT2D eigenvalue weighted by Gasteiger charge is -2.31. The van der Waals surface area contributed by atoms with Gasteiger partial charge in [0.25, 0.3) is 5.91 Å². The Kier molecular flexibility index (Phi) is 5.57. The quantitative estimate of drug-likeness (QED) is 0.883. The van der Waals surface area contributed by atoms with Gasteiger partial charge in [-0.25, -0.2) is 9.97 Å². The maximum absolute atomic E-state index is 12.8. The van der Waals surface area contributed by atoms with E-state index in [2.05, 4.69) is 10.3 Å². The number of carbonyl (C=O) groups is 1. The van der Waals surface area contributed by atoms with E-state index in [0.717, 1.165) is 48.8 Å². The Balaban J connectivity index is 1.40. The largest absolute Gasteiger partial charge is 0.481 e. The highest BCUT2D eigenvalue weighted by molar-refractivity contribution is 5.81. The Hall–Kier alpha value is -2.47. The molecule has 3 heterocycles. The molecular formula is C22H28N4O2. The second-order valence-corrected chi connectivity index (χ2v) is 7.83. The molecule has 1 saturated heterocycles. The van der Waals surface area contributed by atoms with Gasteiger partial charge in [-0.1, -0.05) is 17.7 Å². The summed E-state index contributed by atoms with van der Waals surface area (Å²) in [6.45, 7) is 7.11. The summed E-state index contributed by atoms with van der Waals surface area (Å²) in [6.07, 6.45) is 4.49. The van der Waals surface area contributed by atoms with E-state index in [9.17, 15) is 4.79 Å². The summed E-state index contributed by atoms with van der Waals surface area (Å²) in [6, 6.07) is 7.78. The number of piperidine rings is 1. The third kappa shape index (κ3) is 4.17. The number of nitrogens with one attached hydrogen (secondary N) is 1. The minimum absolute atomic E-state index is 0.00628. The fourth-order valence-electron chi connectivity index (χ4n) is 3.92. The van der Waals surface area contributed by atoms with Crippen molar-refractivity contribution in [2.75, 3.05) is 19.6 Å². The van der Waals surface area contributed by atoms with Crippen LogP contribution in [-0.2, 0) is 17.8 Å². The van der Waals surface area contributed by atoms with E-state index in [-0.39, 0.29) is 5.91 Å². The standard InChI is InChI=1S/C22H28N4O2/c1-15-5-7-19(8-6-15)28-16(2)22(27)26-11-9-20-18(14-26)13-24-21(25-20)17-4-3-10-23-12-17/h5-8,13,16-17,23H,3-4,9-12,14H2,1-2H3/t16-,17-/m1/s1. The number of carbonyl (C=O) groups excluding carboxylic acids is 1. The molecule has 1 amide bonds. The van der Waals surface area contributed by atoms with Crippen molar-refractivity contribution < 1.29 is 9.53 Å². The summed E-state index contributed by atoms with van der Waals surface area (Å²) in [5.74, 6) is 2.08. The first-order chi connectivity index (χ1) is 13.6. The number of fused-ring (bicyclic) bond motifs is 1. The van der Waals surface area contributed by atoms with E-state index in [4.69, 9.17) is 9.72 Å². The first-order valence-corrected chi connectivity index (χ1v) is 10.2. The topological polar surface area (TPSA) is 67.3 Å². The molecule has 0 bridgehead atoms. The fourth-order valence-corrected chi connectivity index (χ4v) is 3.92. The second-order valence-electron chi connectivity index (χ2n) is 7.83. The molecule has 0 aliphatic carbocycles. The minimum Gasteiger partial charge on any atom is -0.481 e. The average molecular weight is 380 g/mol. The summed E-state index contributed by atoms with van der Waals surface area (Å²) in [7, 11) is 0. The maximum atomic E-state index is 12.8. The molecule has 2 aliphatic rings. The summed E-state index contributed by atoms with van der Waals surface area (Å²) in [5, 5.41) is 3.42. The van der Waals surface area contributed by atoms with Crippen LogP contribution >= 0.6 is 0 Å². The van der Waals surface area contributed by atoms with Crippen molar-refractivity contribution in [1.29, 1.82) is 0 Å². The molecule has 1 aromatic carbocycles. The molecule has 1 N–H and O–H groups in total. The van der Waals surface area contributed by atoms with Crippen LogP contribution in [0.3, 0.4) is 0 Å². The van der Waals surface area contributed by atoms with Gasteiger partial charge >= 0.3 is 0 Å². The van der Waals surface area contributed by atoms with Gasteiger partial charge in [-0.05, 0) is 45.4 Å². The van der Waals surface area contributed by atoms with Crippen molar-refractivity contribution in [1.82, 2.24) is 20.2 Å². The summed E-state index contributed by atoms with van der Waals surface area (Å²) >= 11 is 0. The van der Waals surface area contributed by atoms with E-state index in [1.54, 1.807) is 0 Å². The highest BCUT2D eigenvalue weighted by Gasteiger charge is 2.28. The van der Waals surface area contributed by atoms with Crippen LogP contribution in [0.5, 0.6) is 5.75 Å². The number of aryl methyl sites for hydroxylation is 1. The van der Waals surface area contributed by atoms with E-state index in [1.807, 2.05) is 49.2 Å². The molecule has 2 atom stereocenters. The first kappa shape index (κ1) is 18.9. The molecule has 4 rings (SSSR count). The van der Waals surface area contributed by atoms with Gasteiger partial charge in [-0.3, -0.25) is 4.79 Å². The molecule has 0 saturated carbocycles. The smallest absolute Gasteiger partial charge is 0.263 e. The summed E-state index contributed by atoms with van der Waals surface area (Å²) in [5.41, 5.74) is 3.31. The second kappa shape index (κ2) is 8.27. The normalized spacial score (nSPS) is 20.4. The number of benzene rings is 1. The predicted octanol–water partition coefficient (Wildman–Crippen LogP) is 2.60. The lowest BCUT2D eigenvalue weighted by molar-refractivity contribution is -0.138. The maximum Gasteiger partial charge on any atom is 0.263 e. The third-order valence-corrected chi connectivity index (χ3v) is 5.61. The molecule has 6 heteroatoms. The van der Waals surface area contributed by atoms with Crippen LogP contribution in [0.4, 0.5) is 0 Å². The van der Waals surface area contributed by atoms with Crippen molar-refractivity contribution in [2.24, 2.45) is 0 Å². The van der Waals surface area contributed by atoms with Crippen LogP contribution in [0.1, 0.15) is 48.3 Å². The zero-order valence-corrected chi connectivity index (χ0v) is 16.6. The molecule has 0 radical (unpaired) electrons. The Morgan fingerprint density at radius 2 is 2.14 bits per heavy atom. The number of aromatic nitrogens is 2. The molecular weight excluding hydrogens is 352 g/mol. The molecule has 2 aliphatic heterocycles. The van der Waals surface area contributed by atoms with Crippen molar-refractivity contribution >= 4 is 5.91 Å². The van der Waals surface area contributed by atoms with Gasteiger partial charge in [0.2, 0.25) is 0 Å². The van der Waals surface area contributed by atoms with Crippen molar-refractivity contribution in [3.8, 4) is 5.75 Å². The molecule has 1 fully saturated rings. The highest BCUT2D eigenvalue weighted by atomic mass is 16.5. The van der Waals surface area contributed by atoms with E-state index < -0.39 is 6.10 Å². The summed E-state index contributed by atoms with van der Waals surface area (Å²) in [4.78, 5) is 24.1. The van der Waals surface area contributed by atoms with E-state index in [0.29, 0.717) is 19.0 Å². The number of amides is 1. The van der Waals surface area contributed by atoms with Crippen LogP contribution < -0.4 is 10.1 Å². The van der Waals surface area contributed by atoms with Crippen LogP contribution in [0.15, 0.2) is 30.5 Å². The molecule has 0 unspecified atom stereocenters. The van der Waals surface area contributed by atoms with Crippen LogP contribution in [0.25, 0.3) is 0 Å². The Labute approximate surface area is 166 Å². The molecule has 6 nitrogen and oxygen atoms in total. The number of hydrogen-bond donors (Lipinski definition) is 1. The van der Waals surface area contributed by atoms with E-state index in [1.165, 1.54) is 12.0 Å².